The third-order valence-electron chi connectivity index (χ3n) is 3.19. The number of aliphatic carboxylic acids is 1. The number of rotatable bonds is 6. The molecule has 2 atom stereocenters. The van der Waals surface area contributed by atoms with E-state index in [1.54, 1.807) is 11.9 Å². The second-order valence-corrected chi connectivity index (χ2v) is 4.47. The molecular weight excluding hydrogens is 222 g/mol. The first-order chi connectivity index (χ1) is 8.06. The molecule has 1 aliphatic rings. The van der Waals surface area contributed by atoms with Gasteiger partial charge in [0.15, 0.2) is 0 Å². The van der Waals surface area contributed by atoms with Crippen LogP contribution >= 0.6 is 0 Å². The lowest BCUT2D eigenvalue weighted by atomic mass is 9.98. The largest absolute Gasteiger partial charge is 0.481 e. The lowest BCUT2D eigenvalue weighted by molar-refractivity contribution is -0.139. The van der Waals surface area contributed by atoms with E-state index in [1.165, 1.54) is 0 Å². The fourth-order valence-corrected chi connectivity index (χ4v) is 2.19. The predicted octanol–water partition coefficient (Wildman–Crippen LogP) is 1.12. The van der Waals surface area contributed by atoms with Gasteiger partial charge in [-0.1, -0.05) is 6.92 Å². The van der Waals surface area contributed by atoms with Gasteiger partial charge in [-0.25, -0.2) is 0 Å². The summed E-state index contributed by atoms with van der Waals surface area (Å²) in [5, 5.41) is 8.53. The monoisotopic (exact) mass is 243 g/mol. The number of carbonyl (C=O) groups is 2. The molecule has 1 fully saturated rings. The van der Waals surface area contributed by atoms with Crippen molar-refractivity contribution in [2.24, 2.45) is 5.92 Å². The van der Waals surface area contributed by atoms with Crippen molar-refractivity contribution in [3.8, 4) is 0 Å². The van der Waals surface area contributed by atoms with Crippen molar-refractivity contribution in [2.75, 3.05) is 20.2 Å². The van der Waals surface area contributed by atoms with E-state index in [4.69, 9.17) is 9.84 Å². The molecule has 2 unspecified atom stereocenters. The Kier molecular flexibility index (Phi) is 5.41. The van der Waals surface area contributed by atoms with Gasteiger partial charge in [-0.05, 0) is 19.3 Å². The number of carbonyl (C=O) groups excluding carboxylic acids is 1. The number of amides is 1. The SMILES string of the molecule is CCC1OCCC1C(=O)N(C)CCCC(=O)O. The molecular formula is C12H21NO4. The fraction of sp³-hybridized carbons (Fsp3) is 0.833. The molecule has 17 heavy (non-hydrogen) atoms. The number of hydrogen-bond acceptors (Lipinski definition) is 3. The Bertz CT molecular complexity index is 280. The van der Waals surface area contributed by atoms with Crippen LogP contribution in [0.25, 0.3) is 0 Å². The van der Waals surface area contributed by atoms with Gasteiger partial charge in [0.2, 0.25) is 5.91 Å². The minimum Gasteiger partial charge on any atom is -0.481 e. The fourth-order valence-electron chi connectivity index (χ4n) is 2.19. The van der Waals surface area contributed by atoms with Crippen LogP contribution in [0.2, 0.25) is 0 Å². The highest BCUT2D eigenvalue weighted by Gasteiger charge is 2.34. The summed E-state index contributed by atoms with van der Waals surface area (Å²) < 4.78 is 5.49. The van der Waals surface area contributed by atoms with Crippen molar-refractivity contribution >= 4 is 11.9 Å². The van der Waals surface area contributed by atoms with E-state index < -0.39 is 5.97 Å². The number of nitrogens with zero attached hydrogens (tertiary/aromatic N) is 1. The summed E-state index contributed by atoms with van der Waals surface area (Å²) >= 11 is 0. The Morgan fingerprint density at radius 2 is 2.18 bits per heavy atom. The molecule has 0 radical (unpaired) electrons. The van der Waals surface area contributed by atoms with Crippen LogP contribution in [0.4, 0.5) is 0 Å². The Morgan fingerprint density at radius 1 is 1.47 bits per heavy atom. The maximum Gasteiger partial charge on any atom is 0.303 e. The number of ether oxygens (including phenoxy) is 1. The van der Waals surface area contributed by atoms with E-state index in [0.29, 0.717) is 19.6 Å². The third kappa shape index (κ3) is 4.00. The molecule has 0 aliphatic carbocycles. The van der Waals surface area contributed by atoms with Crippen molar-refractivity contribution in [3.05, 3.63) is 0 Å². The highest BCUT2D eigenvalue weighted by molar-refractivity contribution is 5.79. The van der Waals surface area contributed by atoms with Crippen LogP contribution in [0.15, 0.2) is 0 Å². The van der Waals surface area contributed by atoms with Gasteiger partial charge in [0.05, 0.1) is 12.0 Å². The van der Waals surface area contributed by atoms with E-state index in [1.807, 2.05) is 6.92 Å². The van der Waals surface area contributed by atoms with Gasteiger partial charge in [0.1, 0.15) is 0 Å². The van der Waals surface area contributed by atoms with Crippen molar-refractivity contribution in [1.82, 2.24) is 4.90 Å². The van der Waals surface area contributed by atoms with Gasteiger partial charge < -0.3 is 14.7 Å². The molecule has 0 saturated carbocycles. The summed E-state index contributed by atoms with van der Waals surface area (Å²) in [5.74, 6) is -0.781. The number of carboxylic acid groups (broad SMARTS) is 1. The molecule has 0 bridgehead atoms. The second kappa shape index (κ2) is 6.59. The Hall–Kier alpha value is -1.10. The molecule has 0 aromatic carbocycles. The molecule has 0 spiro atoms. The summed E-state index contributed by atoms with van der Waals surface area (Å²) in [7, 11) is 1.73. The van der Waals surface area contributed by atoms with Crippen LogP contribution in [-0.4, -0.2) is 48.2 Å². The van der Waals surface area contributed by atoms with Crippen LogP contribution in [0.1, 0.15) is 32.6 Å². The van der Waals surface area contributed by atoms with Crippen LogP contribution in [-0.2, 0) is 14.3 Å². The minimum absolute atomic E-state index is 0.0319. The van der Waals surface area contributed by atoms with Crippen molar-refractivity contribution in [1.29, 1.82) is 0 Å². The summed E-state index contributed by atoms with van der Waals surface area (Å²) in [6.45, 7) is 3.16. The zero-order valence-corrected chi connectivity index (χ0v) is 10.5. The normalized spacial score (nSPS) is 23.6. The van der Waals surface area contributed by atoms with E-state index in [2.05, 4.69) is 0 Å². The van der Waals surface area contributed by atoms with Crippen LogP contribution in [0.3, 0.4) is 0 Å². The lowest BCUT2D eigenvalue weighted by Crippen LogP contribution is -2.37. The molecule has 5 nitrogen and oxygen atoms in total. The zero-order chi connectivity index (χ0) is 12.8. The number of carboxylic acids is 1. The average molecular weight is 243 g/mol. The van der Waals surface area contributed by atoms with Gasteiger partial charge in [-0.3, -0.25) is 9.59 Å². The summed E-state index contributed by atoms with van der Waals surface area (Å²) in [5.41, 5.74) is 0. The molecule has 98 valence electrons. The highest BCUT2D eigenvalue weighted by atomic mass is 16.5. The second-order valence-electron chi connectivity index (χ2n) is 4.47. The summed E-state index contributed by atoms with van der Waals surface area (Å²) in [6.07, 6.45) is 2.27. The van der Waals surface area contributed by atoms with Gasteiger partial charge in [0.25, 0.3) is 0 Å². The summed E-state index contributed by atoms with van der Waals surface area (Å²) in [4.78, 5) is 24.1. The first-order valence-corrected chi connectivity index (χ1v) is 6.14. The molecule has 1 N–H and O–H groups in total. The van der Waals surface area contributed by atoms with Crippen LogP contribution in [0, 0.1) is 5.92 Å². The van der Waals surface area contributed by atoms with Crippen molar-refractivity contribution < 1.29 is 19.4 Å². The van der Waals surface area contributed by atoms with E-state index in [9.17, 15) is 9.59 Å². The first kappa shape index (κ1) is 14.0. The Labute approximate surface area is 102 Å². The molecule has 5 heteroatoms. The molecule has 0 aromatic rings. The van der Waals surface area contributed by atoms with Gasteiger partial charge in [0, 0.05) is 26.6 Å². The van der Waals surface area contributed by atoms with Gasteiger partial charge in [-0.15, -0.1) is 0 Å². The first-order valence-electron chi connectivity index (χ1n) is 6.14. The molecule has 1 amide bonds. The Morgan fingerprint density at radius 3 is 2.76 bits per heavy atom. The van der Waals surface area contributed by atoms with Crippen molar-refractivity contribution in [2.45, 2.75) is 38.7 Å². The maximum atomic E-state index is 12.1. The van der Waals surface area contributed by atoms with Gasteiger partial charge in [-0.2, -0.15) is 0 Å². The predicted molar refractivity (Wildman–Crippen MR) is 62.6 cm³/mol. The van der Waals surface area contributed by atoms with E-state index in [0.717, 1.165) is 12.8 Å². The molecule has 1 aliphatic heterocycles. The third-order valence-corrected chi connectivity index (χ3v) is 3.19. The lowest BCUT2D eigenvalue weighted by Gasteiger charge is -2.23. The smallest absolute Gasteiger partial charge is 0.303 e. The quantitative estimate of drug-likeness (QED) is 0.759. The van der Waals surface area contributed by atoms with E-state index >= 15 is 0 Å². The molecule has 1 rings (SSSR count). The van der Waals surface area contributed by atoms with Gasteiger partial charge >= 0.3 is 5.97 Å². The minimum atomic E-state index is -0.818. The highest BCUT2D eigenvalue weighted by Crippen LogP contribution is 2.25. The topological polar surface area (TPSA) is 66.8 Å². The molecule has 0 aromatic heterocycles. The summed E-state index contributed by atoms with van der Waals surface area (Å²) in [6, 6.07) is 0. The number of hydrogen-bond donors (Lipinski definition) is 1. The van der Waals surface area contributed by atoms with E-state index in [-0.39, 0.29) is 24.3 Å². The van der Waals surface area contributed by atoms with Crippen LogP contribution in [0.5, 0.6) is 0 Å². The molecule has 1 heterocycles. The standard InChI is InChI=1S/C12H21NO4/c1-3-10-9(6-8-17-10)12(16)13(2)7-4-5-11(14)15/h9-10H,3-8H2,1-2H3,(H,14,15). The maximum absolute atomic E-state index is 12.1. The Balaban J connectivity index is 2.37. The molecule has 1 saturated heterocycles. The van der Waals surface area contributed by atoms with Crippen molar-refractivity contribution in [3.63, 3.8) is 0 Å². The van der Waals surface area contributed by atoms with Crippen LogP contribution < -0.4 is 0 Å². The zero-order valence-electron chi connectivity index (χ0n) is 10.5. The average Bonchev–Trinajstić information content (AvgIpc) is 2.75.